The number of nitrogens with one attached hydrogen (secondary N) is 3. The number of esters is 1. The number of piperidine rings is 1. The van der Waals surface area contributed by atoms with Crippen LogP contribution < -0.4 is 21.7 Å². The van der Waals surface area contributed by atoms with Gasteiger partial charge in [-0.3, -0.25) is 24.0 Å². The number of likely N-dealkylation sites (tertiary alicyclic amines) is 1. The second-order valence-corrected chi connectivity index (χ2v) is 14.4. The van der Waals surface area contributed by atoms with Crippen LogP contribution in [0.5, 0.6) is 0 Å². The maximum atomic E-state index is 14.1. The predicted octanol–water partition coefficient (Wildman–Crippen LogP) is 2.22. The zero-order valence-corrected chi connectivity index (χ0v) is 27.1. The van der Waals surface area contributed by atoms with Gasteiger partial charge in [0, 0.05) is 6.54 Å². The summed E-state index contributed by atoms with van der Waals surface area (Å²) in [6.45, 7) is 11.1. The molecule has 0 aromatic heterocycles. The fraction of sp³-hybridized carbons (Fsp3) is 0.636. The van der Waals surface area contributed by atoms with Crippen LogP contribution in [0.1, 0.15) is 78.9 Å². The highest BCUT2D eigenvalue weighted by molar-refractivity contribution is 6.37. The SMILES string of the molecule is C[C@H](OC(=O)CNC(=O)N[C@H](C(=O)N1C[C@H]2[C@@H]([C@H]1C(=O)NC(CC1CCC1)C(=O)C(N)=O)C2(C)C)C(C)(C)C)c1ccccc1. The minimum atomic E-state index is -1.11. The van der Waals surface area contributed by atoms with Gasteiger partial charge in [0.2, 0.25) is 17.6 Å². The number of rotatable bonds is 12. The molecule has 0 radical (unpaired) electrons. The molecule has 1 heterocycles. The third-order valence-electron chi connectivity index (χ3n) is 9.79. The number of nitrogens with zero attached hydrogens (tertiary/aromatic N) is 1. The average Bonchev–Trinajstić information content (AvgIpc) is 3.27. The molecule has 45 heavy (non-hydrogen) atoms. The van der Waals surface area contributed by atoms with Gasteiger partial charge in [0.05, 0.1) is 6.04 Å². The number of hydrogen-bond donors (Lipinski definition) is 4. The first-order chi connectivity index (χ1) is 21.0. The third-order valence-corrected chi connectivity index (χ3v) is 9.79. The van der Waals surface area contributed by atoms with Crippen LogP contribution in [0.3, 0.4) is 0 Å². The van der Waals surface area contributed by atoms with Crippen LogP contribution in [-0.4, -0.2) is 71.6 Å². The molecule has 2 saturated carbocycles. The zero-order chi connectivity index (χ0) is 33.3. The van der Waals surface area contributed by atoms with Crippen molar-refractivity contribution in [2.24, 2.45) is 34.3 Å². The van der Waals surface area contributed by atoms with Crippen LogP contribution in [0, 0.1) is 28.6 Å². The Balaban J connectivity index is 1.43. The fourth-order valence-electron chi connectivity index (χ4n) is 6.72. The lowest BCUT2D eigenvalue weighted by atomic mass is 9.80. The number of benzene rings is 1. The standard InChI is InChI=1S/C33H47N5O7/c1-18(20-13-8-7-9-14-20)45-23(39)16-35-31(44)37-27(32(2,3)4)30(43)38-17-21-24(33(21,5)6)25(38)29(42)36-22(26(40)28(34)41)15-19-11-10-12-19/h7-9,13-14,18-19,21-22,24-25,27H,10-12,15-17H2,1-6H3,(H2,34,41)(H,36,42)(H2,35,37,44)/t18-,21-,22?,24-,25-,27+/m0/s1. The van der Waals surface area contributed by atoms with E-state index in [-0.39, 0.29) is 23.2 Å². The van der Waals surface area contributed by atoms with E-state index in [1.54, 1.807) is 27.7 Å². The van der Waals surface area contributed by atoms with Crippen molar-refractivity contribution in [1.82, 2.24) is 20.9 Å². The highest BCUT2D eigenvalue weighted by Gasteiger charge is 2.70. The van der Waals surface area contributed by atoms with Crippen LogP contribution >= 0.6 is 0 Å². The van der Waals surface area contributed by atoms with E-state index in [0.29, 0.717) is 13.0 Å². The minimum absolute atomic E-state index is 0.0601. The Bertz CT molecular complexity index is 1320. The molecule has 1 aromatic rings. The number of urea groups is 1. The maximum absolute atomic E-state index is 14.1. The third kappa shape index (κ3) is 7.65. The molecular weight excluding hydrogens is 578 g/mol. The largest absolute Gasteiger partial charge is 0.456 e. The molecule has 1 unspecified atom stereocenters. The van der Waals surface area contributed by atoms with Gasteiger partial charge < -0.3 is 31.3 Å². The molecule has 0 spiro atoms. The van der Waals surface area contributed by atoms with E-state index in [1.165, 1.54) is 4.90 Å². The van der Waals surface area contributed by atoms with Crippen LogP contribution in [0.4, 0.5) is 4.79 Å². The van der Waals surface area contributed by atoms with E-state index in [0.717, 1.165) is 24.8 Å². The summed E-state index contributed by atoms with van der Waals surface area (Å²) >= 11 is 0. The van der Waals surface area contributed by atoms with E-state index in [2.05, 4.69) is 16.0 Å². The Hall–Kier alpha value is -3.96. The van der Waals surface area contributed by atoms with Gasteiger partial charge in [0.25, 0.3) is 5.91 Å². The number of fused-ring (bicyclic) bond motifs is 1. The maximum Gasteiger partial charge on any atom is 0.326 e. The number of primary amides is 1. The number of carbonyl (C=O) groups is 6. The van der Waals surface area contributed by atoms with Crippen LogP contribution in [0.25, 0.3) is 0 Å². The Labute approximate surface area is 264 Å². The van der Waals surface area contributed by atoms with E-state index >= 15 is 0 Å². The van der Waals surface area contributed by atoms with Gasteiger partial charge in [-0.25, -0.2) is 4.79 Å². The van der Waals surface area contributed by atoms with E-state index in [4.69, 9.17) is 10.5 Å². The van der Waals surface area contributed by atoms with Crippen molar-refractivity contribution in [1.29, 1.82) is 0 Å². The summed E-state index contributed by atoms with van der Waals surface area (Å²) in [7, 11) is 0. The molecule has 1 saturated heterocycles. The van der Waals surface area contributed by atoms with E-state index in [1.807, 2.05) is 44.2 Å². The summed E-state index contributed by atoms with van der Waals surface area (Å²) in [5, 5.41) is 7.94. The highest BCUT2D eigenvalue weighted by atomic mass is 16.5. The van der Waals surface area contributed by atoms with Gasteiger partial charge in [0.1, 0.15) is 24.7 Å². The Morgan fingerprint density at radius 2 is 1.69 bits per heavy atom. The number of ether oxygens (including phenoxy) is 1. The molecule has 3 fully saturated rings. The van der Waals surface area contributed by atoms with Crippen molar-refractivity contribution >= 4 is 35.5 Å². The van der Waals surface area contributed by atoms with Crippen molar-refractivity contribution < 1.29 is 33.5 Å². The average molecular weight is 626 g/mol. The second-order valence-electron chi connectivity index (χ2n) is 14.4. The summed E-state index contributed by atoms with van der Waals surface area (Å²) in [5.41, 5.74) is 5.16. The molecule has 4 rings (SSSR count). The molecule has 2 aliphatic carbocycles. The Morgan fingerprint density at radius 3 is 2.24 bits per heavy atom. The van der Waals surface area contributed by atoms with Gasteiger partial charge in [0.15, 0.2) is 0 Å². The molecule has 5 N–H and O–H groups in total. The fourth-order valence-corrected chi connectivity index (χ4v) is 6.72. The van der Waals surface area contributed by atoms with Crippen LogP contribution in [0.2, 0.25) is 0 Å². The molecule has 12 nitrogen and oxygen atoms in total. The molecule has 0 bridgehead atoms. The van der Waals surface area contributed by atoms with Crippen molar-refractivity contribution in [3.05, 3.63) is 35.9 Å². The molecule has 3 aliphatic rings. The van der Waals surface area contributed by atoms with Crippen molar-refractivity contribution in [3.63, 3.8) is 0 Å². The molecule has 1 aliphatic heterocycles. The number of nitrogens with two attached hydrogens (primary N) is 1. The van der Waals surface area contributed by atoms with Gasteiger partial charge >= 0.3 is 12.0 Å². The van der Waals surface area contributed by atoms with Gasteiger partial charge in [-0.1, -0.05) is 84.2 Å². The topological polar surface area (TPSA) is 177 Å². The molecule has 6 atom stereocenters. The lowest BCUT2D eigenvalue weighted by Crippen LogP contribution is -2.61. The van der Waals surface area contributed by atoms with Crippen molar-refractivity contribution in [2.75, 3.05) is 13.1 Å². The number of carbonyl (C=O) groups excluding carboxylic acids is 6. The quantitative estimate of drug-likeness (QED) is 0.203. The summed E-state index contributed by atoms with van der Waals surface area (Å²) in [6, 6.07) is 5.49. The number of hydrogen-bond acceptors (Lipinski definition) is 7. The first-order valence-electron chi connectivity index (χ1n) is 15.8. The summed E-state index contributed by atoms with van der Waals surface area (Å²) in [5.74, 6) is -3.41. The molecule has 12 heteroatoms. The van der Waals surface area contributed by atoms with E-state index in [9.17, 15) is 28.8 Å². The lowest BCUT2D eigenvalue weighted by Gasteiger charge is -2.38. The van der Waals surface area contributed by atoms with Crippen LogP contribution in [0.15, 0.2) is 30.3 Å². The molecule has 1 aromatic carbocycles. The molecule has 5 amide bonds. The summed E-state index contributed by atoms with van der Waals surface area (Å²) in [4.78, 5) is 79.2. The molecule has 246 valence electrons. The van der Waals surface area contributed by atoms with Crippen LogP contribution in [-0.2, 0) is 28.7 Å². The van der Waals surface area contributed by atoms with E-state index < -0.39 is 71.7 Å². The van der Waals surface area contributed by atoms with Gasteiger partial charge in [-0.15, -0.1) is 0 Å². The highest BCUT2D eigenvalue weighted by Crippen LogP contribution is 2.65. The first-order valence-corrected chi connectivity index (χ1v) is 15.8. The predicted molar refractivity (Wildman–Crippen MR) is 165 cm³/mol. The Morgan fingerprint density at radius 1 is 1.04 bits per heavy atom. The van der Waals surface area contributed by atoms with Crippen molar-refractivity contribution in [2.45, 2.75) is 91.5 Å². The van der Waals surface area contributed by atoms with Gasteiger partial charge in [-0.2, -0.15) is 0 Å². The Kier molecular flexibility index (Phi) is 9.94. The van der Waals surface area contributed by atoms with Gasteiger partial charge in [-0.05, 0) is 47.5 Å². The number of amides is 5. The monoisotopic (exact) mass is 625 g/mol. The number of Topliss-reactive ketones (excluding diaryl/α,β-unsaturated/α-hetero) is 1. The smallest absolute Gasteiger partial charge is 0.326 e. The minimum Gasteiger partial charge on any atom is -0.456 e. The number of ketones is 1. The zero-order valence-electron chi connectivity index (χ0n) is 27.1. The first kappa shape index (κ1) is 33.9. The van der Waals surface area contributed by atoms with Crippen molar-refractivity contribution in [3.8, 4) is 0 Å². The second kappa shape index (κ2) is 13.2. The summed E-state index contributed by atoms with van der Waals surface area (Å²) < 4.78 is 5.41. The summed E-state index contributed by atoms with van der Waals surface area (Å²) in [6.07, 6.45) is 2.67. The molecular formula is C33H47N5O7. The lowest BCUT2D eigenvalue weighted by molar-refractivity contribution is -0.147. The normalized spacial score (nSPS) is 23.8.